The van der Waals surface area contributed by atoms with Crippen LogP contribution in [0.3, 0.4) is 0 Å². The summed E-state index contributed by atoms with van der Waals surface area (Å²) in [6.45, 7) is 21.7. The summed E-state index contributed by atoms with van der Waals surface area (Å²) in [6, 6.07) is 2.32. The molecule has 1 aliphatic heterocycles. The van der Waals surface area contributed by atoms with Crippen LogP contribution in [0.25, 0.3) is 27.4 Å². The van der Waals surface area contributed by atoms with Crippen molar-refractivity contribution >= 4 is 27.4 Å². The number of hydrogen-bond donors (Lipinski definition) is 4. The van der Waals surface area contributed by atoms with Crippen molar-refractivity contribution in [2.24, 2.45) is 28.6 Å². The molecule has 4 aliphatic carbocycles. The fraction of sp³-hybridized carbons (Fsp3) is 0.600. The van der Waals surface area contributed by atoms with Gasteiger partial charge in [0.1, 0.15) is 5.75 Å². The highest BCUT2D eigenvalue weighted by Crippen LogP contribution is 2.71. The Morgan fingerprint density at radius 2 is 1.80 bits per heavy atom. The quantitative estimate of drug-likeness (QED) is 0.227. The van der Waals surface area contributed by atoms with E-state index in [9.17, 15) is 20.4 Å². The van der Waals surface area contributed by atoms with Crippen molar-refractivity contribution in [2.45, 2.75) is 116 Å². The third kappa shape index (κ3) is 3.37. The molecule has 46 heavy (non-hydrogen) atoms. The van der Waals surface area contributed by atoms with E-state index in [4.69, 9.17) is 4.74 Å². The zero-order valence-electron chi connectivity index (χ0n) is 28.8. The van der Waals surface area contributed by atoms with Crippen molar-refractivity contribution in [3.63, 3.8) is 0 Å². The molecule has 0 saturated heterocycles. The molecule has 3 aromatic rings. The number of benzene rings is 1. The van der Waals surface area contributed by atoms with Gasteiger partial charge in [-0.15, -0.1) is 0 Å². The number of allylic oxidation sites excluding steroid dienone is 1. The predicted octanol–water partition coefficient (Wildman–Crippen LogP) is 7.46. The summed E-state index contributed by atoms with van der Waals surface area (Å²) in [4.78, 5) is 0. The Morgan fingerprint density at radius 3 is 2.48 bits per heavy atom. The number of aromatic nitrogens is 1. The van der Waals surface area contributed by atoms with Crippen molar-refractivity contribution in [1.29, 1.82) is 0 Å². The predicted molar refractivity (Wildman–Crippen MR) is 183 cm³/mol. The van der Waals surface area contributed by atoms with Crippen LogP contribution in [-0.2, 0) is 16.6 Å². The number of aliphatic hydroxyl groups excluding tert-OH is 3. The molecule has 2 saturated carbocycles. The Hall–Kier alpha value is -2.64. The number of ether oxygens (including phenoxy) is 1. The molecule has 8 rings (SSSR count). The zero-order valence-corrected chi connectivity index (χ0v) is 28.8. The molecule has 0 radical (unpaired) electrons. The SMILES string of the molecule is C=C(C)c1c(O)c2c3c(cc4c5c(n1c42)[C@@]1(C)C(CC[C@H]2[C@](C)(C=CCO)[C@@H](O)CC[C@@]21C)C5)C1=CC(C)(C)OC(C)(C)C1[C@@H]3O. The smallest absolute Gasteiger partial charge is 0.149 e. The first-order chi connectivity index (χ1) is 21.4. The van der Waals surface area contributed by atoms with Crippen LogP contribution in [0.1, 0.15) is 115 Å². The summed E-state index contributed by atoms with van der Waals surface area (Å²) < 4.78 is 8.86. The topological polar surface area (TPSA) is 94.6 Å². The van der Waals surface area contributed by atoms with Gasteiger partial charge in [0.25, 0.3) is 0 Å². The van der Waals surface area contributed by atoms with Gasteiger partial charge >= 0.3 is 0 Å². The second kappa shape index (κ2) is 9.07. The maximum atomic E-state index is 12.2. The summed E-state index contributed by atoms with van der Waals surface area (Å²) >= 11 is 0. The summed E-state index contributed by atoms with van der Waals surface area (Å²) in [5, 5.41) is 47.5. The summed E-state index contributed by atoms with van der Waals surface area (Å²) in [6.07, 6.45) is 9.49. The molecule has 4 N–H and O–H groups in total. The van der Waals surface area contributed by atoms with Gasteiger partial charge in [-0.25, -0.2) is 0 Å². The van der Waals surface area contributed by atoms with Crippen molar-refractivity contribution < 1.29 is 25.2 Å². The standard InChI is InChI=1S/C40H51NO5/c1-20(2)31-34(45)29-28-22(25-19-36(3,4)46-37(5,6)30(25)33(28)44)18-23-24-17-21-11-12-26-38(7,14-10-16-42)27(43)13-15-39(26,8)40(21,9)35(24)41(31)32(23)29/h10,14,18-19,21,26-27,30,33,42-45H,1,11-13,15-17H2,2-9H3/t21?,26-,27-,30?,33+,38-,39-,40+/m0/s1. The molecule has 6 heteroatoms. The molecule has 2 aromatic heterocycles. The normalized spacial score (nSPS) is 38.9. The van der Waals surface area contributed by atoms with Crippen LogP contribution in [0.5, 0.6) is 5.75 Å². The number of aliphatic hydroxyl groups is 3. The summed E-state index contributed by atoms with van der Waals surface area (Å²) in [7, 11) is 0. The highest BCUT2D eigenvalue weighted by Gasteiger charge is 2.67. The molecule has 6 nitrogen and oxygen atoms in total. The Morgan fingerprint density at radius 1 is 1.09 bits per heavy atom. The highest BCUT2D eigenvalue weighted by molar-refractivity contribution is 6.11. The van der Waals surface area contributed by atoms with Crippen LogP contribution in [0, 0.1) is 28.6 Å². The Balaban J connectivity index is 1.44. The molecule has 2 fully saturated rings. The Labute approximate surface area is 272 Å². The van der Waals surface area contributed by atoms with Gasteiger partial charge in [0, 0.05) is 38.8 Å². The summed E-state index contributed by atoms with van der Waals surface area (Å²) in [5.74, 6) is 0.626. The van der Waals surface area contributed by atoms with Gasteiger partial charge in [-0.3, -0.25) is 0 Å². The van der Waals surface area contributed by atoms with Crippen LogP contribution in [0.2, 0.25) is 0 Å². The molecule has 0 spiro atoms. The van der Waals surface area contributed by atoms with E-state index in [2.05, 4.69) is 77.7 Å². The minimum absolute atomic E-state index is 0.0346. The Bertz CT molecular complexity index is 1890. The van der Waals surface area contributed by atoms with E-state index >= 15 is 0 Å². The van der Waals surface area contributed by atoms with E-state index in [0.717, 1.165) is 64.6 Å². The third-order valence-corrected chi connectivity index (χ3v) is 14.0. The van der Waals surface area contributed by atoms with Gasteiger partial charge in [0.05, 0.1) is 41.2 Å². The molecule has 8 atom stereocenters. The maximum absolute atomic E-state index is 12.2. The average Bonchev–Trinajstić information content (AvgIpc) is 3.62. The van der Waals surface area contributed by atoms with Crippen LogP contribution >= 0.6 is 0 Å². The lowest BCUT2D eigenvalue weighted by Crippen LogP contribution is -2.62. The summed E-state index contributed by atoms with van der Waals surface area (Å²) in [5.41, 5.74) is 6.25. The minimum atomic E-state index is -0.810. The van der Waals surface area contributed by atoms with Crippen molar-refractivity contribution in [3.05, 3.63) is 59.0 Å². The molecule has 246 valence electrons. The minimum Gasteiger partial charge on any atom is -0.505 e. The Kier molecular flexibility index (Phi) is 6.05. The van der Waals surface area contributed by atoms with Crippen LogP contribution in [0.15, 0.2) is 30.9 Å². The largest absolute Gasteiger partial charge is 0.505 e. The zero-order chi connectivity index (χ0) is 33.1. The molecular formula is C40H51NO5. The number of aromatic hydroxyl groups is 1. The molecule has 5 aliphatic rings. The molecular weight excluding hydrogens is 574 g/mol. The van der Waals surface area contributed by atoms with E-state index in [1.54, 1.807) is 0 Å². The second-order valence-corrected chi connectivity index (χ2v) is 17.2. The maximum Gasteiger partial charge on any atom is 0.149 e. The van der Waals surface area contributed by atoms with E-state index < -0.39 is 28.8 Å². The molecule has 0 amide bonds. The number of fused-ring (bicyclic) bond motifs is 11. The van der Waals surface area contributed by atoms with Gasteiger partial charge < -0.3 is 29.6 Å². The number of hydrogen-bond acceptors (Lipinski definition) is 5. The van der Waals surface area contributed by atoms with Crippen molar-refractivity contribution in [2.75, 3.05) is 6.61 Å². The molecule has 1 aromatic carbocycles. The molecule has 0 bridgehead atoms. The lowest BCUT2D eigenvalue weighted by Gasteiger charge is -2.64. The van der Waals surface area contributed by atoms with Crippen molar-refractivity contribution in [1.82, 2.24) is 4.40 Å². The monoisotopic (exact) mass is 625 g/mol. The van der Waals surface area contributed by atoms with Crippen LogP contribution in [-0.4, -0.2) is 48.7 Å². The van der Waals surface area contributed by atoms with E-state index in [-0.39, 0.29) is 35.0 Å². The van der Waals surface area contributed by atoms with Gasteiger partial charge in [0.2, 0.25) is 0 Å². The first kappa shape index (κ1) is 30.7. The van der Waals surface area contributed by atoms with Gasteiger partial charge in [-0.2, -0.15) is 0 Å². The van der Waals surface area contributed by atoms with E-state index in [1.165, 1.54) is 16.6 Å². The van der Waals surface area contributed by atoms with Gasteiger partial charge in [0.15, 0.2) is 0 Å². The van der Waals surface area contributed by atoms with E-state index in [1.807, 2.05) is 13.0 Å². The average molecular weight is 626 g/mol. The first-order valence-electron chi connectivity index (χ1n) is 17.4. The van der Waals surface area contributed by atoms with E-state index in [0.29, 0.717) is 12.3 Å². The molecule has 3 heterocycles. The first-order valence-corrected chi connectivity index (χ1v) is 17.4. The third-order valence-electron chi connectivity index (χ3n) is 14.0. The van der Waals surface area contributed by atoms with Crippen molar-refractivity contribution in [3.8, 4) is 5.75 Å². The lowest BCUT2D eigenvalue weighted by molar-refractivity contribution is -0.144. The van der Waals surface area contributed by atoms with Gasteiger partial charge in [-0.1, -0.05) is 39.5 Å². The van der Waals surface area contributed by atoms with Crippen LogP contribution in [0.4, 0.5) is 0 Å². The molecule has 2 unspecified atom stereocenters. The van der Waals surface area contributed by atoms with Crippen LogP contribution < -0.4 is 0 Å². The van der Waals surface area contributed by atoms with Gasteiger partial charge in [-0.05, 0) is 118 Å². The fourth-order valence-corrected chi connectivity index (χ4v) is 12.2. The second-order valence-electron chi connectivity index (χ2n) is 17.2. The fourth-order valence-electron chi connectivity index (χ4n) is 12.2. The number of rotatable bonds is 3. The lowest BCUT2D eigenvalue weighted by atomic mass is 9.40. The highest BCUT2D eigenvalue weighted by atomic mass is 16.5. The number of nitrogens with zero attached hydrogens (tertiary/aromatic N) is 1.